The average Bonchev–Trinajstić information content (AvgIpc) is 1.94. The smallest absolute Gasteiger partial charge is 0.0142 e. The van der Waals surface area contributed by atoms with Crippen molar-refractivity contribution in [1.29, 1.82) is 0 Å². The van der Waals surface area contributed by atoms with Gasteiger partial charge in [-0.3, -0.25) is 0 Å². The molecule has 0 amide bonds. The molecule has 0 aromatic rings. The van der Waals surface area contributed by atoms with E-state index in [1.165, 1.54) is 12.6 Å². The summed E-state index contributed by atoms with van der Waals surface area (Å²) in [5.41, 5.74) is 2.66. The highest BCUT2D eigenvalue weighted by Crippen LogP contribution is 2.44. The molecule has 0 fully saturated rings. The SMILES string of the molecule is CC(C)C1=CCP(C)C(C)C1. The van der Waals surface area contributed by atoms with Crippen LogP contribution in [-0.4, -0.2) is 18.5 Å². The van der Waals surface area contributed by atoms with Crippen molar-refractivity contribution in [2.24, 2.45) is 5.92 Å². The molecule has 0 nitrogen and oxygen atoms in total. The molecule has 2 unspecified atom stereocenters. The summed E-state index contributed by atoms with van der Waals surface area (Å²) in [4.78, 5) is 0. The molecule has 1 heterocycles. The van der Waals surface area contributed by atoms with Crippen molar-refractivity contribution in [2.75, 3.05) is 12.8 Å². The minimum Gasteiger partial charge on any atom is -0.103 e. The van der Waals surface area contributed by atoms with Crippen molar-refractivity contribution < 1.29 is 0 Å². The van der Waals surface area contributed by atoms with E-state index in [0.717, 1.165) is 11.6 Å². The standard InChI is InChI=1S/C10H19P/c1-8(2)10-5-6-11(4)9(3)7-10/h5,8-9H,6-7H2,1-4H3. The van der Waals surface area contributed by atoms with Crippen LogP contribution in [0.1, 0.15) is 27.2 Å². The second-order valence-corrected chi connectivity index (χ2v) is 6.69. The first-order valence-corrected chi connectivity index (χ1v) is 6.54. The largest absolute Gasteiger partial charge is 0.103 e. The van der Waals surface area contributed by atoms with Crippen molar-refractivity contribution in [1.82, 2.24) is 0 Å². The van der Waals surface area contributed by atoms with Gasteiger partial charge in [-0.2, -0.15) is 0 Å². The van der Waals surface area contributed by atoms with Crippen molar-refractivity contribution in [3.63, 3.8) is 0 Å². The Hall–Kier alpha value is 0.170. The molecule has 1 heteroatoms. The topological polar surface area (TPSA) is 0 Å². The Morgan fingerprint density at radius 1 is 1.55 bits per heavy atom. The van der Waals surface area contributed by atoms with Gasteiger partial charge in [-0.25, -0.2) is 0 Å². The van der Waals surface area contributed by atoms with Crippen LogP contribution in [0.15, 0.2) is 11.6 Å². The van der Waals surface area contributed by atoms with Gasteiger partial charge in [0.05, 0.1) is 0 Å². The monoisotopic (exact) mass is 170 g/mol. The molecule has 0 aromatic carbocycles. The predicted octanol–water partition coefficient (Wildman–Crippen LogP) is 3.47. The van der Waals surface area contributed by atoms with Crippen LogP contribution in [0, 0.1) is 5.92 Å². The fraction of sp³-hybridized carbons (Fsp3) is 0.800. The van der Waals surface area contributed by atoms with E-state index in [2.05, 4.69) is 33.5 Å². The summed E-state index contributed by atoms with van der Waals surface area (Å²) in [6.45, 7) is 9.44. The van der Waals surface area contributed by atoms with Gasteiger partial charge < -0.3 is 0 Å². The van der Waals surface area contributed by atoms with Crippen LogP contribution in [0.25, 0.3) is 0 Å². The van der Waals surface area contributed by atoms with Gasteiger partial charge in [-0.05, 0) is 30.8 Å². The normalized spacial score (nSPS) is 32.3. The Balaban J connectivity index is 2.59. The van der Waals surface area contributed by atoms with E-state index in [1.54, 1.807) is 5.57 Å². The lowest BCUT2D eigenvalue weighted by atomic mass is 9.98. The Bertz CT molecular complexity index is 158. The molecule has 0 radical (unpaired) electrons. The van der Waals surface area contributed by atoms with Gasteiger partial charge in [0.1, 0.15) is 0 Å². The number of rotatable bonds is 1. The summed E-state index contributed by atoms with van der Waals surface area (Å²) in [6.07, 6.45) is 5.21. The first kappa shape index (κ1) is 9.26. The first-order chi connectivity index (χ1) is 5.11. The molecule has 64 valence electrons. The fourth-order valence-corrected chi connectivity index (χ4v) is 2.90. The van der Waals surface area contributed by atoms with Crippen LogP contribution >= 0.6 is 7.92 Å². The summed E-state index contributed by atoms with van der Waals surface area (Å²) < 4.78 is 0. The maximum atomic E-state index is 2.48. The molecule has 0 bridgehead atoms. The highest BCUT2D eigenvalue weighted by Gasteiger charge is 2.18. The molecule has 0 aromatic heterocycles. The van der Waals surface area contributed by atoms with Crippen molar-refractivity contribution in [3.8, 4) is 0 Å². The maximum Gasteiger partial charge on any atom is -0.0142 e. The minimum atomic E-state index is 0.319. The zero-order chi connectivity index (χ0) is 8.43. The van der Waals surface area contributed by atoms with Crippen LogP contribution in [0.5, 0.6) is 0 Å². The molecule has 0 spiro atoms. The van der Waals surface area contributed by atoms with Crippen molar-refractivity contribution in [2.45, 2.75) is 32.9 Å². The van der Waals surface area contributed by atoms with E-state index in [4.69, 9.17) is 0 Å². The Morgan fingerprint density at radius 2 is 2.18 bits per heavy atom. The molecule has 0 saturated heterocycles. The summed E-state index contributed by atoms with van der Waals surface area (Å²) in [5.74, 6) is 0.779. The molecular weight excluding hydrogens is 151 g/mol. The molecule has 0 aliphatic carbocycles. The quantitative estimate of drug-likeness (QED) is 0.417. The summed E-state index contributed by atoms with van der Waals surface area (Å²) in [5, 5.41) is 0. The second-order valence-electron chi connectivity index (χ2n) is 3.93. The highest BCUT2D eigenvalue weighted by atomic mass is 31.1. The molecular formula is C10H19P. The maximum absolute atomic E-state index is 2.48. The van der Waals surface area contributed by atoms with Crippen LogP contribution in [0.4, 0.5) is 0 Å². The fourth-order valence-electron chi connectivity index (χ4n) is 1.49. The Morgan fingerprint density at radius 3 is 2.64 bits per heavy atom. The molecule has 1 aliphatic rings. The van der Waals surface area contributed by atoms with Crippen molar-refractivity contribution in [3.05, 3.63) is 11.6 Å². The van der Waals surface area contributed by atoms with Crippen LogP contribution < -0.4 is 0 Å². The number of hydrogen-bond donors (Lipinski definition) is 0. The lowest BCUT2D eigenvalue weighted by molar-refractivity contribution is 0.697. The first-order valence-electron chi connectivity index (χ1n) is 4.50. The zero-order valence-corrected chi connectivity index (χ0v) is 8.99. The van der Waals surface area contributed by atoms with Crippen molar-refractivity contribution >= 4 is 7.92 Å². The van der Waals surface area contributed by atoms with Gasteiger partial charge in [0.25, 0.3) is 0 Å². The van der Waals surface area contributed by atoms with E-state index in [1.807, 2.05) is 0 Å². The van der Waals surface area contributed by atoms with E-state index < -0.39 is 0 Å². The van der Waals surface area contributed by atoms with Gasteiger partial charge in [0.15, 0.2) is 0 Å². The molecule has 11 heavy (non-hydrogen) atoms. The van der Waals surface area contributed by atoms with Gasteiger partial charge in [0, 0.05) is 0 Å². The number of hydrogen-bond acceptors (Lipinski definition) is 0. The van der Waals surface area contributed by atoms with Crippen LogP contribution in [0.3, 0.4) is 0 Å². The Kier molecular flexibility index (Phi) is 3.13. The van der Waals surface area contributed by atoms with Crippen LogP contribution in [0.2, 0.25) is 0 Å². The van der Waals surface area contributed by atoms with Crippen LogP contribution in [-0.2, 0) is 0 Å². The third kappa shape index (κ3) is 2.30. The second kappa shape index (κ2) is 3.72. The summed E-state index contributed by atoms with van der Waals surface area (Å²) in [7, 11) is 0.319. The van der Waals surface area contributed by atoms with Gasteiger partial charge in [0.2, 0.25) is 0 Å². The lowest BCUT2D eigenvalue weighted by Gasteiger charge is -2.27. The third-order valence-electron chi connectivity index (χ3n) is 2.67. The lowest BCUT2D eigenvalue weighted by Crippen LogP contribution is -2.11. The number of allylic oxidation sites excluding steroid dienone is 2. The molecule has 0 saturated carbocycles. The third-order valence-corrected chi connectivity index (χ3v) is 5.11. The van der Waals surface area contributed by atoms with Gasteiger partial charge in [-0.15, -0.1) is 7.92 Å². The summed E-state index contributed by atoms with van der Waals surface area (Å²) >= 11 is 0. The molecule has 0 N–H and O–H groups in total. The van der Waals surface area contributed by atoms with E-state index >= 15 is 0 Å². The molecule has 2 atom stereocenters. The summed E-state index contributed by atoms with van der Waals surface area (Å²) in [6, 6.07) is 0. The highest BCUT2D eigenvalue weighted by molar-refractivity contribution is 7.57. The predicted molar refractivity (Wildman–Crippen MR) is 54.7 cm³/mol. The van der Waals surface area contributed by atoms with Gasteiger partial charge >= 0.3 is 0 Å². The molecule has 1 rings (SSSR count). The van der Waals surface area contributed by atoms with E-state index in [-0.39, 0.29) is 0 Å². The van der Waals surface area contributed by atoms with E-state index in [9.17, 15) is 0 Å². The zero-order valence-electron chi connectivity index (χ0n) is 8.09. The Labute approximate surface area is 71.8 Å². The minimum absolute atomic E-state index is 0.319. The average molecular weight is 170 g/mol. The van der Waals surface area contributed by atoms with Gasteiger partial charge in [-0.1, -0.05) is 32.4 Å². The molecule has 1 aliphatic heterocycles. The van der Waals surface area contributed by atoms with E-state index in [0.29, 0.717) is 7.92 Å².